The molecular weight excluding hydrogens is 226 g/mol. The Morgan fingerprint density at radius 2 is 2.22 bits per heavy atom. The van der Waals surface area contributed by atoms with Gasteiger partial charge in [-0.25, -0.2) is 0 Å². The van der Waals surface area contributed by atoms with Crippen LogP contribution in [0.15, 0.2) is 24.3 Å². The van der Waals surface area contributed by atoms with E-state index in [1.54, 1.807) is 7.11 Å². The average molecular weight is 249 g/mol. The van der Waals surface area contributed by atoms with Crippen LogP contribution in [-0.2, 0) is 11.3 Å². The first kappa shape index (κ1) is 13.4. The van der Waals surface area contributed by atoms with Gasteiger partial charge in [-0.1, -0.05) is 18.2 Å². The van der Waals surface area contributed by atoms with Crippen molar-refractivity contribution in [3.8, 4) is 5.75 Å². The summed E-state index contributed by atoms with van der Waals surface area (Å²) in [5, 5.41) is 3.46. The highest BCUT2D eigenvalue weighted by atomic mass is 16.5. The molecule has 1 N–H and O–H groups in total. The van der Waals surface area contributed by atoms with Crippen molar-refractivity contribution in [3.05, 3.63) is 29.8 Å². The Labute approximate surface area is 109 Å². The van der Waals surface area contributed by atoms with Crippen LogP contribution in [0.3, 0.4) is 0 Å². The normalized spacial score (nSPS) is 19.7. The number of ether oxygens (including phenoxy) is 2. The molecule has 18 heavy (non-hydrogen) atoms. The van der Waals surface area contributed by atoms with Crippen molar-refractivity contribution in [2.75, 3.05) is 20.3 Å². The molecule has 0 amide bonds. The summed E-state index contributed by atoms with van der Waals surface area (Å²) in [7, 11) is 1.72. The maximum atomic E-state index is 5.71. The molecule has 0 saturated carbocycles. The zero-order chi connectivity index (χ0) is 12.6. The minimum absolute atomic E-state index is 0.462. The van der Waals surface area contributed by atoms with Gasteiger partial charge in [0.1, 0.15) is 5.75 Å². The fraction of sp³-hybridized carbons (Fsp3) is 0.600. The van der Waals surface area contributed by atoms with Crippen molar-refractivity contribution in [2.24, 2.45) is 0 Å². The lowest BCUT2D eigenvalue weighted by Crippen LogP contribution is -2.25. The second-order valence-corrected chi connectivity index (χ2v) is 4.77. The third-order valence-electron chi connectivity index (χ3n) is 3.43. The lowest BCUT2D eigenvalue weighted by atomic mass is 10.1. The molecule has 0 bridgehead atoms. The number of nitrogens with one attached hydrogen (secondary N) is 1. The molecule has 1 aliphatic heterocycles. The topological polar surface area (TPSA) is 30.5 Å². The zero-order valence-electron chi connectivity index (χ0n) is 11.2. The van der Waals surface area contributed by atoms with Gasteiger partial charge in [0.2, 0.25) is 0 Å². The summed E-state index contributed by atoms with van der Waals surface area (Å²) in [5.41, 5.74) is 1.21. The first-order valence-corrected chi connectivity index (χ1v) is 6.84. The predicted octanol–water partition coefficient (Wildman–Crippen LogP) is 2.74. The summed E-state index contributed by atoms with van der Waals surface area (Å²) in [5.74, 6) is 0.957. The first-order valence-electron chi connectivity index (χ1n) is 6.84. The number of hydrogen-bond donors (Lipinski definition) is 1. The van der Waals surface area contributed by atoms with E-state index in [2.05, 4.69) is 11.4 Å². The lowest BCUT2D eigenvalue weighted by molar-refractivity contribution is 0.0115. The van der Waals surface area contributed by atoms with E-state index in [9.17, 15) is 0 Å². The molecule has 0 aliphatic carbocycles. The third-order valence-corrected chi connectivity index (χ3v) is 3.43. The van der Waals surface area contributed by atoms with Gasteiger partial charge in [0, 0.05) is 18.7 Å². The second-order valence-electron chi connectivity index (χ2n) is 4.77. The van der Waals surface area contributed by atoms with E-state index >= 15 is 0 Å². The standard InChI is InChI=1S/C15H23NO2/c1-17-15-8-3-2-6-13(15)12-16-10-9-14-7-4-5-11-18-14/h2-3,6,8,14,16H,4-5,7,9-12H2,1H3. The molecule has 2 rings (SSSR count). The van der Waals surface area contributed by atoms with Crippen LogP contribution >= 0.6 is 0 Å². The molecule has 0 aromatic heterocycles. The molecule has 100 valence electrons. The monoisotopic (exact) mass is 249 g/mol. The quantitative estimate of drug-likeness (QED) is 0.786. The Kier molecular flexibility index (Phi) is 5.49. The van der Waals surface area contributed by atoms with Crippen molar-refractivity contribution >= 4 is 0 Å². The molecule has 1 saturated heterocycles. The van der Waals surface area contributed by atoms with Gasteiger partial charge in [-0.3, -0.25) is 0 Å². The Morgan fingerprint density at radius 1 is 1.33 bits per heavy atom. The fourth-order valence-electron chi connectivity index (χ4n) is 2.37. The van der Waals surface area contributed by atoms with Crippen molar-refractivity contribution in [1.82, 2.24) is 5.32 Å². The lowest BCUT2D eigenvalue weighted by Gasteiger charge is -2.22. The van der Waals surface area contributed by atoms with E-state index in [1.807, 2.05) is 18.2 Å². The minimum Gasteiger partial charge on any atom is -0.496 e. The number of rotatable bonds is 6. The van der Waals surface area contributed by atoms with Crippen LogP contribution in [0.25, 0.3) is 0 Å². The first-order chi connectivity index (χ1) is 8.90. The van der Waals surface area contributed by atoms with Crippen LogP contribution in [-0.4, -0.2) is 26.4 Å². The van der Waals surface area contributed by atoms with Gasteiger partial charge in [-0.15, -0.1) is 0 Å². The molecule has 1 aliphatic rings. The third kappa shape index (κ3) is 4.00. The van der Waals surface area contributed by atoms with Gasteiger partial charge in [-0.2, -0.15) is 0 Å². The molecule has 1 unspecified atom stereocenters. The van der Waals surface area contributed by atoms with Gasteiger partial charge < -0.3 is 14.8 Å². The molecule has 0 spiro atoms. The Morgan fingerprint density at radius 3 is 3.00 bits per heavy atom. The van der Waals surface area contributed by atoms with Crippen LogP contribution in [0.2, 0.25) is 0 Å². The average Bonchev–Trinajstić information content (AvgIpc) is 2.45. The van der Waals surface area contributed by atoms with E-state index in [1.165, 1.54) is 24.8 Å². The smallest absolute Gasteiger partial charge is 0.123 e. The summed E-state index contributed by atoms with van der Waals surface area (Å²) >= 11 is 0. The SMILES string of the molecule is COc1ccccc1CNCCC1CCCCO1. The molecule has 1 fully saturated rings. The Balaban J connectivity index is 1.68. The highest BCUT2D eigenvalue weighted by Gasteiger charge is 2.12. The van der Waals surface area contributed by atoms with Crippen LogP contribution < -0.4 is 10.1 Å². The van der Waals surface area contributed by atoms with Crippen molar-refractivity contribution < 1.29 is 9.47 Å². The Hall–Kier alpha value is -1.06. The minimum atomic E-state index is 0.462. The van der Waals surface area contributed by atoms with Crippen molar-refractivity contribution in [3.63, 3.8) is 0 Å². The predicted molar refractivity (Wildman–Crippen MR) is 72.9 cm³/mol. The molecule has 1 atom stereocenters. The van der Waals surface area contributed by atoms with Gasteiger partial charge >= 0.3 is 0 Å². The van der Waals surface area contributed by atoms with Gasteiger partial charge in [0.05, 0.1) is 13.2 Å². The van der Waals surface area contributed by atoms with Gasteiger partial charge in [-0.05, 0) is 38.3 Å². The molecule has 1 heterocycles. The molecular formula is C15H23NO2. The summed E-state index contributed by atoms with van der Waals surface area (Å²) in [4.78, 5) is 0. The zero-order valence-corrected chi connectivity index (χ0v) is 11.2. The summed E-state index contributed by atoms with van der Waals surface area (Å²) < 4.78 is 11.0. The van der Waals surface area contributed by atoms with Crippen molar-refractivity contribution in [2.45, 2.75) is 38.3 Å². The van der Waals surface area contributed by atoms with Crippen LogP contribution in [0, 0.1) is 0 Å². The highest BCUT2D eigenvalue weighted by Crippen LogP contribution is 2.17. The van der Waals surface area contributed by atoms with E-state index in [0.29, 0.717) is 6.10 Å². The summed E-state index contributed by atoms with van der Waals surface area (Å²) in [6.45, 7) is 2.80. The van der Waals surface area contributed by atoms with Gasteiger partial charge in [0.15, 0.2) is 0 Å². The van der Waals surface area contributed by atoms with Crippen LogP contribution in [0.4, 0.5) is 0 Å². The second kappa shape index (κ2) is 7.39. The maximum Gasteiger partial charge on any atom is 0.123 e. The molecule has 1 aromatic carbocycles. The molecule has 1 aromatic rings. The Bertz CT molecular complexity index is 348. The molecule has 3 nitrogen and oxygen atoms in total. The molecule has 3 heteroatoms. The largest absolute Gasteiger partial charge is 0.496 e. The fourth-order valence-corrected chi connectivity index (χ4v) is 2.37. The van der Waals surface area contributed by atoms with Crippen molar-refractivity contribution in [1.29, 1.82) is 0 Å². The van der Waals surface area contributed by atoms with E-state index in [-0.39, 0.29) is 0 Å². The number of para-hydroxylation sites is 1. The van der Waals surface area contributed by atoms with Crippen LogP contribution in [0.1, 0.15) is 31.2 Å². The highest BCUT2D eigenvalue weighted by molar-refractivity contribution is 5.32. The van der Waals surface area contributed by atoms with E-state index in [4.69, 9.17) is 9.47 Å². The van der Waals surface area contributed by atoms with E-state index in [0.717, 1.165) is 31.9 Å². The summed E-state index contributed by atoms with van der Waals surface area (Å²) in [6, 6.07) is 8.15. The number of hydrogen-bond acceptors (Lipinski definition) is 3. The van der Waals surface area contributed by atoms with E-state index < -0.39 is 0 Å². The van der Waals surface area contributed by atoms with Gasteiger partial charge in [0.25, 0.3) is 0 Å². The maximum absolute atomic E-state index is 5.71. The number of benzene rings is 1. The number of methoxy groups -OCH3 is 1. The molecule has 0 radical (unpaired) electrons. The van der Waals surface area contributed by atoms with Crippen LogP contribution in [0.5, 0.6) is 5.75 Å². The summed E-state index contributed by atoms with van der Waals surface area (Å²) in [6.07, 6.45) is 5.33.